The molecule has 5 heteroatoms. The predicted octanol–water partition coefficient (Wildman–Crippen LogP) is 5.05. The number of nitrogens with one attached hydrogen (secondary N) is 2. The third-order valence-electron chi connectivity index (χ3n) is 4.52. The van der Waals surface area contributed by atoms with Crippen molar-refractivity contribution in [2.24, 2.45) is 0 Å². The zero-order valence-corrected chi connectivity index (χ0v) is 17.3. The van der Waals surface area contributed by atoms with E-state index in [0.717, 1.165) is 46.6 Å². The fourth-order valence-corrected chi connectivity index (χ4v) is 2.90. The number of aliphatic hydroxyl groups excluding tert-OH is 1. The molecule has 5 nitrogen and oxygen atoms in total. The third kappa shape index (κ3) is 4.66. The average molecular weight is 369 g/mol. The first kappa shape index (κ1) is 20.9. The van der Waals surface area contributed by atoms with E-state index in [9.17, 15) is 0 Å². The van der Waals surface area contributed by atoms with Crippen molar-refractivity contribution < 1.29 is 5.11 Å². The Balaban J connectivity index is 0.000000596. The van der Waals surface area contributed by atoms with Gasteiger partial charge in [-0.1, -0.05) is 27.7 Å². The zero-order chi connectivity index (χ0) is 20.0. The number of H-pyrrole nitrogens is 1. The molecule has 0 aliphatic rings. The van der Waals surface area contributed by atoms with E-state index in [1.165, 1.54) is 11.1 Å². The molecule has 0 amide bonds. The highest BCUT2D eigenvalue weighted by molar-refractivity contribution is 5.85. The fraction of sp³-hybridized carbons (Fsp3) is 0.455. The number of fused-ring (bicyclic) bond motifs is 1. The van der Waals surface area contributed by atoms with Crippen molar-refractivity contribution in [2.45, 2.75) is 53.4 Å². The minimum Gasteiger partial charge on any atom is -0.396 e. The number of rotatable bonds is 5. The number of aryl methyl sites for hydroxylation is 2. The van der Waals surface area contributed by atoms with Gasteiger partial charge in [0.1, 0.15) is 5.82 Å². The lowest BCUT2D eigenvalue weighted by Crippen LogP contribution is -2.03. The summed E-state index contributed by atoms with van der Waals surface area (Å²) in [5.74, 6) is 1.30. The number of anilines is 1. The molecule has 0 fully saturated rings. The van der Waals surface area contributed by atoms with Crippen molar-refractivity contribution in [1.82, 2.24) is 15.0 Å². The third-order valence-corrected chi connectivity index (χ3v) is 4.52. The molecule has 0 aliphatic carbocycles. The van der Waals surface area contributed by atoms with Crippen LogP contribution in [0.1, 0.15) is 56.9 Å². The molecule has 0 saturated carbocycles. The largest absolute Gasteiger partial charge is 0.396 e. The first-order chi connectivity index (χ1) is 13.0. The molecular weight excluding hydrogens is 336 g/mol. The molecule has 0 unspecified atom stereocenters. The smallest absolute Gasteiger partial charge is 0.135 e. The van der Waals surface area contributed by atoms with Gasteiger partial charge in [-0.05, 0) is 55.0 Å². The first-order valence-corrected chi connectivity index (χ1v) is 9.74. The molecule has 0 saturated heterocycles. The van der Waals surface area contributed by atoms with Gasteiger partial charge in [-0.25, -0.2) is 9.97 Å². The van der Waals surface area contributed by atoms with Crippen molar-refractivity contribution >= 4 is 16.9 Å². The van der Waals surface area contributed by atoms with Crippen LogP contribution in [0.2, 0.25) is 0 Å². The van der Waals surface area contributed by atoms with Crippen LogP contribution in [-0.4, -0.2) is 33.7 Å². The topological polar surface area (TPSA) is 73.8 Å². The molecule has 0 atom stereocenters. The summed E-state index contributed by atoms with van der Waals surface area (Å²) in [6.45, 7) is 10.8. The number of pyridine rings is 2. The Kier molecular flexibility index (Phi) is 7.36. The SMILES string of the molecule is CCCO.CCc1cc2[nH]cc(C)c2nc1-c1ccc(C(C)C)nc1NC. The standard InChI is InChI=1S/C19H24N4.C3H8O/c1-6-13-9-16-17(12(4)10-21-16)23-18(13)14-7-8-15(11(2)3)22-19(14)20-5;1-2-3-4/h7-11,21H,6H2,1-5H3,(H,20,22);4H,2-3H2,1H3. The Morgan fingerprint density at radius 3 is 2.44 bits per heavy atom. The molecule has 0 radical (unpaired) electrons. The molecule has 3 aromatic rings. The van der Waals surface area contributed by atoms with Gasteiger partial charge in [0, 0.05) is 31.1 Å². The van der Waals surface area contributed by atoms with E-state index in [-0.39, 0.29) is 0 Å². The molecule has 0 spiro atoms. The second-order valence-corrected chi connectivity index (χ2v) is 6.98. The van der Waals surface area contributed by atoms with Crippen LogP contribution in [0.25, 0.3) is 22.3 Å². The van der Waals surface area contributed by atoms with Crippen LogP contribution >= 0.6 is 0 Å². The summed E-state index contributed by atoms with van der Waals surface area (Å²) < 4.78 is 0. The van der Waals surface area contributed by atoms with Gasteiger partial charge in [-0.2, -0.15) is 0 Å². The number of aliphatic hydroxyl groups is 1. The molecule has 0 bridgehead atoms. The van der Waals surface area contributed by atoms with E-state index in [2.05, 4.69) is 56.2 Å². The van der Waals surface area contributed by atoms with Crippen LogP contribution in [0, 0.1) is 6.92 Å². The number of nitrogens with zero attached hydrogens (tertiary/aromatic N) is 2. The van der Waals surface area contributed by atoms with E-state index in [4.69, 9.17) is 15.1 Å². The lowest BCUT2D eigenvalue weighted by molar-refractivity contribution is 0.295. The van der Waals surface area contributed by atoms with E-state index in [0.29, 0.717) is 12.5 Å². The Morgan fingerprint density at radius 1 is 1.19 bits per heavy atom. The maximum absolute atomic E-state index is 7.88. The Labute approximate surface area is 162 Å². The quantitative estimate of drug-likeness (QED) is 0.589. The van der Waals surface area contributed by atoms with Crippen molar-refractivity contribution in [3.05, 3.63) is 41.2 Å². The highest BCUT2D eigenvalue weighted by atomic mass is 16.2. The number of hydrogen-bond donors (Lipinski definition) is 3. The maximum Gasteiger partial charge on any atom is 0.135 e. The molecule has 146 valence electrons. The van der Waals surface area contributed by atoms with Crippen molar-refractivity contribution in [1.29, 1.82) is 0 Å². The van der Waals surface area contributed by atoms with E-state index in [1.807, 2.05) is 20.2 Å². The van der Waals surface area contributed by atoms with Crippen molar-refractivity contribution in [3.8, 4) is 11.3 Å². The molecule has 3 aromatic heterocycles. The van der Waals surface area contributed by atoms with Gasteiger partial charge in [0.25, 0.3) is 0 Å². The minimum atomic E-state index is 0.319. The van der Waals surface area contributed by atoms with Crippen LogP contribution in [0.15, 0.2) is 24.4 Å². The average Bonchev–Trinajstić information content (AvgIpc) is 3.06. The van der Waals surface area contributed by atoms with Crippen LogP contribution in [0.4, 0.5) is 5.82 Å². The van der Waals surface area contributed by atoms with Crippen LogP contribution < -0.4 is 5.32 Å². The summed E-state index contributed by atoms with van der Waals surface area (Å²) in [6.07, 6.45) is 3.82. The second-order valence-electron chi connectivity index (χ2n) is 6.98. The van der Waals surface area contributed by atoms with Crippen molar-refractivity contribution in [2.75, 3.05) is 19.0 Å². The van der Waals surface area contributed by atoms with Gasteiger partial charge in [0.15, 0.2) is 0 Å². The predicted molar refractivity (Wildman–Crippen MR) is 114 cm³/mol. The molecule has 3 N–H and O–H groups in total. The highest BCUT2D eigenvalue weighted by Gasteiger charge is 2.15. The van der Waals surface area contributed by atoms with E-state index < -0.39 is 0 Å². The Bertz CT molecular complexity index is 881. The summed E-state index contributed by atoms with van der Waals surface area (Å²) in [5, 5.41) is 11.1. The summed E-state index contributed by atoms with van der Waals surface area (Å²) in [7, 11) is 1.92. The first-order valence-electron chi connectivity index (χ1n) is 9.74. The number of aromatic amines is 1. The summed E-state index contributed by atoms with van der Waals surface area (Å²) in [4.78, 5) is 13.0. The van der Waals surface area contributed by atoms with E-state index in [1.54, 1.807) is 0 Å². The molecule has 27 heavy (non-hydrogen) atoms. The molecule has 0 aliphatic heterocycles. The van der Waals surface area contributed by atoms with Gasteiger partial charge >= 0.3 is 0 Å². The van der Waals surface area contributed by atoms with Gasteiger partial charge < -0.3 is 15.4 Å². The van der Waals surface area contributed by atoms with Crippen LogP contribution in [0.5, 0.6) is 0 Å². The molecule has 3 rings (SSSR count). The summed E-state index contributed by atoms with van der Waals surface area (Å²) in [6, 6.07) is 6.46. The van der Waals surface area contributed by atoms with E-state index >= 15 is 0 Å². The van der Waals surface area contributed by atoms with Gasteiger partial charge in [0.05, 0.1) is 16.7 Å². The second kappa shape index (κ2) is 9.51. The Morgan fingerprint density at radius 2 is 1.89 bits per heavy atom. The van der Waals surface area contributed by atoms with Gasteiger partial charge in [0.2, 0.25) is 0 Å². The van der Waals surface area contributed by atoms with Gasteiger partial charge in [-0.15, -0.1) is 0 Å². The van der Waals surface area contributed by atoms with Gasteiger partial charge in [-0.3, -0.25) is 0 Å². The molecular formula is C22H32N4O. The normalized spacial score (nSPS) is 10.8. The lowest BCUT2D eigenvalue weighted by atomic mass is 10.0. The van der Waals surface area contributed by atoms with Crippen LogP contribution in [-0.2, 0) is 6.42 Å². The summed E-state index contributed by atoms with van der Waals surface area (Å²) in [5.41, 5.74) is 7.71. The number of hydrogen-bond acceptors (Lipinski definition) is 4. The molecule has 0 aromatic carbocycles. The summed E-state index contributed by atoms with van der Waals surface area (Å²) >= 11 is 0. The maximum atomic E-state index is 7.88. The minimum absolute atomic E-state index is 0.319. The zero-order valence-electron chi connectivity index (χ0n) is 17.3. The van der Waals surface area contributed by atoms with Crippen LogP contribution in [0.3, 0.4) is 0 Å². The fourth-order valence-electron chi connectivity index (χ4n) is 2.90. The number of aromatic nitrogens is 3. The lowest BCUT2D eigenvalue weighted by Gasteiger charge is -2.14. The Hall–Kier alpha value is -2.40. The monoisotopic (exact) mass is 368 g/mol. The van der Waals surface area contributed by atoms with Crippen molar-refractivity contribution in [3.63, 3.8) is 0 Å². The molecule has 3 heterocycles. The highest BCUT2D eigenvalue weighted by Crippen LogP contribution is 2.32.